The van der Waals surface area contributed by atoms with Crippen molar-refractivity contribution in [3.63, 3.8) is 0 Å². The summed E-state index contributed by atoms with van der Waals surface area (Å²) >= 11 is 0. The molecule has 1 fully saturated rings. The van der Waals surface area contributed by atoms with Crippen LogP contribution in [0.15, 0.2) is 12.2 Å². The molecule has 0 radical (unpaired) electrons. The highest BCUT2D eigenvalue weighted by Crippen LogP contribution is 2.22. The summed E-state index contributed by atoms with van der Waals surface area (Å²) in [6.45, 7) is 2.16. The van der Waals surface area contributed by atoms with Crippen LogP contribution >= 0.6 is 0 Å². The number of hydrogen-bond acceptors (Lipinski definition) is 3. The minimum absolute atomic E-state index is 0.174. The van der Waals surface area contributed by atoms with Gasteiger partial charge in [-0.1, -0.05) is 31.9 Å². The van der Waals surface area contributed by atoms with Crippen molar-refractivity contribution in [1.82, 2.24) is 0 Å². The molecule has 0 aliphatic carbocycles. The smallest absolute Gasteiger partial charge is 0.317 e. The number of hydrogen-bond donors (Lipinski definition) is 0. The lowest BCUT2D eigenvalue weighted by molar-refractivity contribution is -0.153. The summed E-state index contributed by atoms with van der Waals surface area (Å²) in [6.07, 6.45) is 10.9. The van der Waals surface area contributed by atoms with E-state index in [4.69, 9.17) is 0 Å². The van der Waals surface area contributed by atoms with Gasteiger partial charge >= 0.3 is 11.9 Å². The van der Waals surface area contributed by atoms with Crippen LogP contribution < -0.4 is 0 Å². The lowest BCUT2D eigenvalue weighted by Crippen LogP contribution is -2.06. The second-order valence-electron chi connectivity index (χ2n) is 4.24. The van der Waals surface area contributed by atoms with Crippen LogP contribution in [0.4, 0.5) is 0 Å². The molecule has 90 valence electrons. The van der Waals surface area contributed by atoms with Gasteiger partial charge in [0.25, 0.3) is 0 Å². The maximum Gasteiger partial charge on any atom is 0.317 e. The molecule has 1 rings (SSSR count). The van der Waals surface area contributed by atoms with E-state index in [0.717, 1.165) is 32.1 Å². The molecule has 0 aromatic heterocycles. The highest BCUT2D eigenvalue weighted by molar-refractivity contribution is 5.94. The topological polar surface area (TPSA) is 43.4 Å². The van der Waals surface area contributed by atoms with E-state index in [1.165, 1.54) is 6.42 Å². The molecule has 1 heterocycles. The molecule has 1 atom stereocenters. The third-order valence-electron chi connectivity index (χ3n) is 2.76. The van der Waals surface area contributed by atoms with Crippen LogP contribution in [0.2, 0.25) is 0 Å². The van der Waals surface area contributed by atoms with Crippen molar-refractivity contribution < 1.29 is 14.3 Å². The van der Waals surface area contributed by atoms with Crippen molar-refractivity contribution in [2.75, 3.05) is 0 Å². The number of carbonyl (C=O) groups is 2. The molecule has 1 aliphatic rings. The first-order chi connectivity index (χ1) is 7.74. The minimum atomic E-state index is -0.363. The van der Waals surface area contributed by atoms with Crippen LogP contribution in [0, 0.1) is 5.92 Å². The van der Waals surface area contributed by atoms with Crippen LogP contribution in [-0.2, 0) is 14.3 Å². The lowest BCUT2D eigenvalue weighted by Gasteiger charge is -2.02. The summed E-state index contributed by atoms with van der Waals surface area (Å²) in [7, 11) is 0. The van der Waals surface area contributed by atoms with Gasteiger partial charge in [-0.05, 0) is 25.7 Å². The quantitative estimate of drug-likeness (QED) is 0.289. The predicted octanol–water partition coefficient (Wildman–Crippen LogP) is 2.99. The zero-order valence-electron chi connectivity index (χ0n) is 9.91. The van der Waals surface area contributed by atoms with E-state index in [1.807, 2.05) is 0 Å². The van der Waals surface area contributed by atoms with Crippen molar-refractivity contribution >= 4 is 11.9 Å². The summed E-state index contributed by atoms with van der Waals surface area (Å²) < 4.78 is 4.49. The molecule has 3 nitrogen and oxygen atoms in total. The molecule has 1 aliphatic heterocycles. The number of carbonyl (C=O) groups excluding carboxylic acids is 2. The number of unbranched alkanes of at least 4 members (excludes halogenated alkanes) is 3. The third-order valence-corrected chi connectivity index (χ3v) is 2.76. The fourth-order valence-electron chi connectivity index (χ4n) is 1.80. The molecule has 1 saturated heterocycles. The Bertz CT molecular complexity index is 268. The zero-order chi connectivity index (χ0) is 11.8. The summed E-state index contributed by atoms with van der Waals surface area (Å²) in [5, 5.41) is 0. The van der Waals surface area contributed by atoms with E-state index in [2.05, 4.69) is 23.8 Å². The van der Waals surface area contributed by atoms with Gasteiger partial charge in [0, 0.05) is 0 Å². The molecule has 1 unspecified atom stereocenters. The first kappa shape index (κ1) is 12.9. The highest BCUT2D eigenvalue weighted by atomic mass is 16.6. The molecule has 3 heteroatoms. The Morgan fingerprint density at radius 1 is 1.25 bits per heavy atom. The monoisotopic (exact) mass is 224 g/mol. The van der Waals surface area contributed by atoms with E-state index in [1.54, 1.807) is 0 Å². The molecule has 0 aromatic rings. The fourth-order valence-corrected chi connectivity index (χ4v) is 1.80. The first-order valence-electron chi connectivity index (χ1n) is 6.13. The van der Waals surface area contributed by atoms with Gasteiger partial charge in [0.2, 0.25) is 0 Å². The van der Waals surface area contributed by atoms with E-state index in [-0.39, 0.29) is 24.3 Å². The standard InChI is InChI=1S/C13H20O3/c1-2-3-4-5-6-7-8-9-11-10-12(14)16-13(11)15/h4-5,11H,2-3,6-10H2,1H3/b5-4+. The zero-order valence-corrected chi connectivity index (χ0v) is 9.91. The molecule has 0 saturated carbocycles. The van der Waals surface area contributed by atoms with Gasteiger partial charge in [-0.15, -0.1) is 0 Å². The summed E-state index contributed by atoms with van der Waals surface area (Å²) in [6, 6.07) is 0. The van der Waals surface area contributed by atoms with Crippen LogP contribution in [0.1, 0.15) is 51.9 Å². The number of esters is 2. The largest absolute Gasteiger partial charge is 0.393 e. The van der Waals surface area contributed by atoms with Crippen molar-refractivity contribution in [2.45, 2.75) is 51.9 Å². The van der Waals surface area contributed by atoms with E-state index < -0.39 is 0 Å². The van der Waals surface area contributed by atoms with Crippen molar-refractivity contribution in [2.24, 2.45) is 5.92 Å². The lowest BCUT2D eigenvalue weighted by atomic mass is 10.00. The Hall–Kier alpha value is -1.12. The molecule has 0 aromatic carbocycles. The number of cyclic esters (lactones) is 2. The highest BCUT2D eigenvalue weighted by Gasteiger charge is 2.32. The summed E-state index contributed by atoms with van der Waals surface area (Å²) in [4.78, 5) is 21.9. The van der Waals surface area contributed by atoms with Gasteiger partial charge in [0.15, 0.2) is 0 Å². The van der Waals surface area contributed by atoms with Crippen molar-refractivity contribution in [3.05, 3.63) is 12.2 Å². The van der Waals surface area contributed by atoms with Gasteiger partial charge < -0.3 is 4.74 Å². The Morgan fingerprint density at radius 2 is 2.00 bits per heavy atom. The number of allylic oxidation sites excluding steroid dienone is 2. The van der Waals surface area contributed by atoms with E-state index in [0.29, 0.717) is 0 Å². The Kier molecular flexibility index (Phi) is 5.83. The summed E-state index contributed by atoms with van der Waals surface area (Å²) in [5.74, 6) is -0.864. The molecule has 0 amide bonds. The number of ether oxygens (including phenoxy) is 1. The normalized spacial score (nSPS) is 20.7. The van der Waals surface area contributed by atoms with Crippen molar-refractivity contribution in [1.29, 1.82) is 0 Å². The Morgan fingerprint density at radius 3 is 2.62 bits per heavy atom. The third kappa shape index (κ3) is 4.60. The van der Waals surface area contributed by atoms with Gasteiger partial charge in [-0.3, -0.25) is 9.59 Å². The molecule has 0 spiro atoms. The summed E-state index contributed by atoms with van der Waals surface area (Å²) in [5.41, 5.74) is 0. The Balaban J connectivity index is 2.03. The maximum absolute atomic E-state index is 11.1. The first-order valence-corrected chi connectivity index (χ1v) is 6.13. The molecular formula is C13H20O3. The SMILES string of the molecule is CCC/C=C/CCCCC1CC(=O)OC1=O. The molecule has 16 heavy (non-hydrogen) atoms. The van der Waals surface area contributed by atoms with Gasteiger partial charge in [0.05, 0.1) is 12.3 Å². The van der Waals surface area contributed by atoms with Gasteiger partial charge in [-0.2, -0.15) is 0 Å². The molecule has 0 N–H and O–H groups in total. The Labute approximate surface area is 96.9 Å². The van der Waals surface area contributed by atoms with Gasteiger partial charge in [-0.25, -0.2) is 0 Å². The van der Waals surface area contributed by atoms with Crippen LogP contribution in [-0.4, -0.2) is 11.9 Å². The van der Waals surface area contributed by atoms with Crippen molar-refractivity contribution in [3.8, 4) is 0 Å². The van der Waals surface area contributed by atoms with Crippen LogP contribution in [0.5, 0.6) is 0 Å². The van der Waals surface area contributed by atoms with E-state index >= 15 is 0 Å². The molecule has 0 bridgehead atoms. The van der Waals surface area contributed by atoms with Crippen LogP contribution in [0.3, 0.4) is 0 Å². The predicted molar refractivity (Wildman–Crippen MR) is 61.7 cm³/mol. The second kappa shape index (κ2) is 7.20. The van der Waals surface area contributed by atoms with Crippen LogP contribution in [0.25, 0.3) is 0 Å². The fraction of sp³-hybridized carbons (Fsp3) is 0.692. The number of rotatable bonds is 7. The van der Waals surface area contributed by atoms with Gasteiger partial charge in [0.1, 0.15) is 0 Å². The average Bonchev–Trinajstić information content (AvgIpc) is 2.56. The minimum Gasteiger partial charge on any atom is -0.393 e. The molecular weight excluding hydrogens is 204 g/mol. The maximum atomic E-state index is 11.1. The second-order valence-corrected chi connectivity index (χ2v) is 4.24. The van der Waals surface area contributed by atoms with E-state index in [9.17, 15) is 9.59 Å². The average molecular weight is 224 g/mol.